The molecule has 0 radical (unpaired) electrons. The first-order valence-corrected chi connectivity index (χ1v) is 9.32. The van der Waals surface area contributed by atoms with Crippen molar-refractivity contribution in [1.82, 2.24) is 9.88 Å². The first-order chi connectivity index (χ1) is 11.7. The first-order valence-electron chi connectivity index (χ1n) is 8.94. The van der Waals surface area contributed by atoms with Crippen LogP contribution >= 0.6 is 11.6 Å². The molecule has 1 aromatic heterocycles. The number of piperidine rings is 1. The Morgan fingerprint density at radius 1 is 1.25 bits per heavy atom. The summed E-state index contributed by atoms with van der Waals surface area (Å²) < 4.78 is 5.45. The molecule has 1 spiro atoms. The molecule has 24 heavy (non-hydrogen) atoms. The molecule has 3 saturated heterocycles. The van der Waals surface area contributed by atoms with Gasteiger partial charge in [0.25, 0.3) is 0 Å². The second kappa shape index (κ2) is 6.52. The quantitative estimate of drug-likeness (QED) is 0.823. The molecule has 4 rings (SSSR count). The lowest BCUT2D eigenvalue weighted by atomic mass is 9.78. The van der Waals surface area contributed by atoms with Gasteiger partial charge in [-0.25, -0.2) is 4.98 Å². The number of carbonyl (C=O) groups excluding carboxylic acids is 1. The Balaban J connectivity index is 1.53. The first kappa shape index (κ1) is 16.2. The van der Waals surface area contributed by atoms with E-state index < -0.39 is 0 Å². The molecular weight excluding hydrogens is 326 g/mol. The highest BCUT2D eigenvalue weighted by molar-refractivity contribution is 6.32. The number of amides is 1. The molecule has 0 aromatic carbocycles. The Labute approximate surface area is 147 Å². The number of carbonyl (C=O) groups is 1. The summed E-state index contributed by atoms with van der Waals surface area (Å²) in [6.07, 6.45) is 6.65. The van der Waals surface area contributed by atoms with E-state index in [0.29, 0.717) is 17.0 Å². The van der Waals surface area contributed by atoms with E-state index in [1.165, 1.54) is 0 Å². The third kappa shape index (κ3) is 2.78. The molecule has 0 saturated carbocycles. The van der Waals surface area contributed by atoms with Gasteiger partial charge < -0.3 is 14.5 Å². The number of ether oxygens (including phenoxy) is 1. The van der Waals surface area contributed by atoms with Crippen molar-refractivity contribution in [3.8, 4) is 0 Å². The Bertz CT molecular complexity index is 620. The molecule has 1 amide bonds. The maximum absolute atomic E-state index is 13.2. The number of nitrogens with zero attached hydrogens (tertiary/aromatic N) is 3. The largest absolute Gasteiger partial charge is 0.381 e. The topological polar surface area (TPSA) is 45.7 Å². The van der Waals surface area contributed by atoms with Crippen LogP contribution in [0.2, 0.25) is 5.02 Å². The van der Waals surface area contributed by atoms with Gasteiger partial charge in [-0.05, 0) is 44.2 Å². The van der Waals surface area contributed by atoms with Gasteiger partial charge in [-0.15, -0.1) is 0 Å². The van der Waals surface area contributed by atoms with Gasteiger partial charge in [-0.3, -0.25) is 4.79 Å². The average Bonchev–Trinajstić information content (AvgIpc) is 2.92. The SMILES string of the molecule is O=C1N(C2CCOCC2)CC[C@]12CCCN(c1ncccc1Cl)C2. The average molecular weight is 350 g/mol. The van der Waals surface area contributed by atoms with E-state index in [2.05, 4.69) is 14.8 Å². The van der Waals surface area contributed by atoms with Crippen LogP contribution in [0.3, 0.4) is 0 Å². The van der Waals surface area contributed by atoms with Gasteiger partial charge in [0.15, 0.2) is 0 Å². The van der Waals surface area contributed by atoms with E-state index in [1.807, 2.05) is 12.1 Å². The summed E-state index contributed by atoms with van der Waals surface area (Å²) in [5.74, 6) is 1.15. The fourth-order valence-corrected chi connectivity index (χ4v) is 4.74. The molecule has 0 aliphatic carbocycles. The lowest BCUT2D eigenvalue weighted by molar-refractivity contribution is -0.139. The number of anilines is 1. The number of likely N-dealkylation sites (tertiary alicyclic amines) is 1. The molecule has 5 nitrogen and oxygen atoms in total. The second-order valence-electron chi connectivity index (χ2n) is 7.21. The van der Waals surface area contributed by atoms with E-state index in [1.54, 1.807) is 6.20 Å². The number of hydrogen-bond acceptors (Lipinski definition) is 4. The van der Waals surface area contributed by atoms with Crippen molar-refractivity contribution in [2.75, 3.05) is 37.7 Å². The zero-order valence-electron chi connectivity index (χ0n) is 13.9. The predicted molar refractivity (Wildman–Crippen MR) is 93.3 cm³/mol. The normalized spacial score (nSPS) is 28.8. The molecule has 0 unspecified atom stereocenters. The van der Waals surface area contributed by atoms with Gasteiger partial charge in [0, 0.05) is 45.1 Å². The number of rotatable bonds is 2. The highest BCUT2D eigenvalue weighted by atomic mass is 35.5. The van der Waals surface area contributed by atoms with Gasteiger partial charge in [-0.1, -0.05) is 11.6 Å². The Morgan fingerprint density at radius 3 is 2.88 bits per heavy atom. The van der Waals surface area contributed by atoms with E-state index in [4.69, 9.17) is 16.3 Å². The number of hydrogen-bond donors (Lipinski definition) is 0. The molecular formula is C18H24ClN3O2. The van der Waals surface area contributed by atoms with Crippen molar-refractivity contribution in [3.63, 3.8) is 0 Å². The van der Waals surface area contributed by atoms with Crippen LogP contribution < -0.4 is 4.90 Å². The van der Waals surface area contributed by atoms with Crippen LogP contribution in [-0.2, 0) is 9.53 Å². The van der Waals surface area contributed by atoms with Gasteiger partial charge in [0.1, 0.15) is 5.82 Å². The van der Waals surface area contributed by atoms with Crippen molar-refractivity contribution >= 4 is 23.3 Å². The maximum Gasteiger partial charge on any atom is 0.230 e. The lowest BCUT2D eigenvalue weighted by Crippen LogP contribution is -2.50. The summed E-state index contributed by atoms with van der Waals surface area (Å²) >= 11 is 6.33. The molecule has 3 fully saturated rings. The van der Waals surface area contributed by atoms with E-state index in [9.17, 15) is 4.79 Å². The third-order valence-electron chi connectivity index (χ3n) is 5.79. The predicted octanol–water partition coefficient (Wildman–Crippen LogP) is 2.73. The monoisotopic (exact) mass is 349 g/mol. The van der Waals surface area contributed by atoms with Crippen LogP contribution in [0.25, 0.3) is 0 Å². The minimum Gasteiger partial charge on any atom is -0.381 e. The fraction of sp³-hybridized carbons (Fsp3) is 0.667. The maximum atomic E-state index is 13.2. The third-order valence-corrected chi connectivity index (χ3v) is 6.09. The van der Waals surface area contributed by atoms with E-state index >= 15 is 0 Å². The second-order valence-corrected chi connectivity index (χ2v) is 7.61. The zero-order chi connectivity index (χ0) is 16.6. The fourth-order valence-electron chi connectivity index (χ4n) is 4.49. The summed E-state index contributed by atoms with van der Waals surface area (Å²) in [5.41, 5.74) is -0.253. The minimum atomic E-state index is -0.253. The zero-order valence-corrected chi connectivity index (χ0v) is 14.7. The highest BCUT2D eigenvalue weighted by Crippen LogP contribution is 2.43. The lowest BCUT2D eigenvalue weighted by Gasteiger charge is -2.40. The van der Waals surface area contributed by atoms with Gasteiger partial charge in [0.2, 0.25) is 5.91 Å². The van der Waals surface area contributed by atoms with Crippen LogP contribution in [0, 0.1) is 5.41 Å². The molecule has 0 bridgehead atoms. The van der Waals surface area contributed by atoms with Crippen LogP contribution in [0.5, 0.6) is 0 Å². The van der Waals surface area contributed by atoms with Gasteiger partial charge in [0.05, 0.1) is 10.4 Å². The standard InChI is InChI=1S/C18H24ClN3O2/c19-15-3-1-8-20-16(15)21-9-2-6-18(13-21)7-10-22(17(18)23)14-4-11-24-12-5-14/h1,3,8,14H,2,4-7,9-13H2/t18-/m0/s1. The summed E-state index contributed by atoms with van der Waals surface area (Å²) in [6.45, 7) is 4.09. The van der Waals surface area contributed by atoms with E-state index in [-0.39, 0.29) is 5.41 Å². The van der Waals surface area contributed by atoms with Crippen molar-refractivity contribution in [2.45, 2.75) is 38.1 Å². The molecule has 0 N–H and O–H groups in total. The summed E-state index contributed by atoms with van der Waals surface area (Å²) in [4.78, 5) is 22.0. The van der Waals surface area contributed by atoms with Crippen molar-refractivity contribution < 1.29 is 9.53 Å². The van der Waals surface area contributed by atoms with Crippen LogP contribution in [-0.4, -0.2) is 54.7 Å². The van der Waals surface area contributed by atoms with Gasteiger partial charge in [-0.2, -0.15) is 0 Å². The van der Waals surface area contributed by atoms with Crippen LogP contribution in [0.4, 0.5) is 5.82 Å². The van der Waals surface area contributed by atoms with Crippen LogP contribution in [0.1, 0.15) is 32.1 Å². The Kier molecular flexibility index (Phi) is 4.39. The highest BCUT2D eigenvalue weighted by Gasteiger charge is 2.50. The molecule has 130 valence electrons. The number of aromatic nitrogens is 1. The smallest absolute Gasteiger partial charge is 0.230 e. The number of pyridine rings is 1. The minimum absolute atomic E-state index is 0.253. The Morgan fingerprint density at radius 2 is 2.08 bits per heavy atom. The number of halogens is 1. The van der Waals surface area contributed by atoms with Crippen molar-refractivity contribution in [3.05, 3.63) is 23.4 Å². The molecule has 3 aliphatic heterocycles. The van der Waals surface area contributed by atoms with Crippen molar-refractivity contribution in [1.29, 1.82) is 0 Å². The molecule has 6 heteroatoms. The summed E-state index contributed by atoms with van der Waals surface area (Å²) in [7, 11) is 0. The molecule has 3 aliphatic rings. The molecule has 4 heterocycles. The summed E-state index contributed by atoms with van der Waals surface area (Å²) in [5, 5.41) is 0.668. The van der Waals surface area contributed by atoms with Crippen LogP contribution in [0.15, 0.2) is 18.3 Å². The van der Waals surface area contributed by atoms with Gasteiger partial charge >= 0.3 is 0 Å². The molecule has 1 aromatic rings. The molecule has 1 atom stereocenters. The summed E-state index contributed by atoms with van der Waals surface area (Å²) in [6, 6.07) is 4.08. The van der Waals surface area contributed by atoms with Crippen molar-refractivity contribution in [2.24, 2.45) is 5.41 Å². The Hall–Kier alpha value is -1.33. The van der Waals surface area contributed by atoms with E-state index in [0.717, 1.165) is 70.8 Å².